The molecule has 4 rings (SSSR count). The number of unbranched alkanes of at least 4 members (excludes halogenated alkanes) is 1. The second-order valence-corrected chi connectivity index (χ2v) is 9.53. The number of aliphatic imine (C=N–C) groups is 1. The molecular formula is C34H41N3. The van der Waals surface area contributed by atoms with Gasteiger partial charge in [0.2, 0.25) is 0 Å². The van der Waals surface area contributed by atoms with E-state index in [2.05, 4.69) is 53.2 Å². The molecule has 1 aliphatic rings. The number of hydrogen-bond donors (Lipinski definition) is 1. The van der Waals surface area contributed by atoms with E-state index in [4.69, 9.17) is 0 Å². The summed E-state index contributed by atoms with van der Waals surface area (Å²) in [5.41, 5.74) is 11.4. The predicted octanol–water partition coefficient (Wildman–Crippen LogP) is 7.79. The molecule has 1 heterocycles. The average molecular weight is 492 g/mol. The van der Waals surface area contributed by atoms with Crippen molar-refractivity contribution in [3.8, 4) is 0 Å². The lowest BCUT2D eigenvalue weighted by atomic mass is 9.82. The van der Waals surface area contributed by atoms with E-state index >= 15 is 0 Å². The van der Waals surface area contributed by atoms with Crippen molar-refractivity contribution in [1.82, 2.24) is 10.3 Å². The number of pyridine rings is 1. The van der Waals surface area contributed by atoms with E-state index in [-0.39, 0.29) is 0 Å². The van der Waals surface area contributed by atoms with Crippen LogP contribution in [0.5, 0.6) is 0 Å². The topological polar surface area (TPSA) is 37.3 Å². The van der Waals surface area contributed by atoms with Crippen LogP contribution >= 0.6 is 0 Å². The molecule has 1 N–H and O–H groups in total. The van der Waals surface area contributed by atoms with E-state index in [1.54, 1.807) is 7.05 Å². The van der Waals surface area contributed by atoms with Gasteiger partial charge in [-0.1, -0.05) is 61.7 Å². The van der Waals surface area contributed by atoms with Crippen LogP contribution in [0.15, 0.2) is 91.6 Å². The Bertz CT molecular complexity index is 1200. The normalized spacial score (nSPS) is 12.4. The quantitative estimate of drug-likeness (QED) is 0.179. The number of hydrogen-bond acceptors (Lipinski definition) is 3. The summed E-state index contributed by atoms with van der Waals surface area (Å²) in [5.74, 6) is 0. The molecule has 0 spiro atoms. The van der Waals surface area contributed by atoms with E-state index < -0.39 is 0 Å². The second-order valence-electron chi connectivity index (χ2n) is 9.53. The van der Waals surface area contributed by atoms with Gasteiger partial charge in [0, 0.05) is 43.0 Å². The van der Waals surface area contributed by atoms with Gasteiger partial charge < -0.3 is 5.32 Å². The lowest BCUT2D eigenvalue weighted by molar-refractivity contribution is 0.698. The lowest BCUT2D eigenvalue weighted by Gasteiger charge is -2.23. The van der Waals surface area contributed by atoms with Crippen LogP contribution < -0.4 is 5.32 Å². The minimum atomic E-state index is 0.936. The van der Waals surface area contributed by atoms with Gasteiger partial charge in [-0.15, -0.1) is 6.58 Å². The number of nitrogens with zero attached hydrogens (tertiary/aromatic N) is 2. The molecule has 0 fully saturated rings. The Morgan fingerprint density at radius 1 is 1.05 bits per heavy atom. The second kappa shape index (κ2) is 14.7. The fourth-order valence-corrected chi connectivity index (χ4v) is 4.72. The van der Waals surface area contributed by atoms with Crippen LogP contribution in [-0.4, -0.2) is 24.8 Å². The Balaban J connectivity index is 0.000000356. The summed E-state index contributed by atoms with van der Waals surface area (Å²) in [7, 11) is 1.77. The number of nitrogens with one attached hydrogen (secondary N) is 1. The summed E-state index contributed by atoms with van der Waals surface area (Å²) in [5, 5.41) is 3.44. The van der Waals surface area contributed by atoms with Crippen LogP contribution in [0.25, 0.3) is 11.3 Å². The van der Waals surface area contributed by atoms with Gasteiger partial charge in [-0.25, -0.2) is 0 Å². The highest BCUT2D eigenvalue weighted by Crippen LogP contribution is 2.34. The highest BCUT2D eigenvalue weighted by atomic mass is 14.9. The summed E-state index contributed by atoms with van der Waals surface area (Å²) >= 11 is 0. The number of rotatable bonds is 10. The number of allylic oxidation sites excluding steroid dienone is 2. The Morgan fingerprint density at radius 2 is 1.86 bits per heavy atom. The van der Waals surface area contributed by atoms with Gasteiger partial charge in [0.25, 0.3) is 0 Å². The van der Waals surface area contributed by atoms with Crippen molar-refractivity contribution in [2.75, 3.05) is 13.6 Å². The summed E-state index contributed by atoms with van der Waals surface area (Å²) < 4.78 is 0. The van der Waals surface area contributed by atoms with Gasteiger partial charge in [-0.2, -0.15) is 0 Å². The van der Waals surface area contributed by atoms with E-state index in [1.165, 1.54) is 40.7 Å². The molecule has 37 heavy (non-hydrogen) atoms. The van der Waals surface area contributed by atoms with Crippen molar-refractivity contribution in [2.45, 2.75) is 51.9 Å². The Morgan fingerprint density at radius 3 is 2.57 bits per heavy atom. The Kier molecular flexibility index (Phi) is 11.1. The van der Waals surface area contributed by atoms with Crippen molar-refractivity contribution < 1.29 is 0 Å². The van der Waals surface area contributed by atoms with Crippen LogP contribution in [0.3, 0.4) is 0 Å². The van der Waals surface area contributed by atoms with E-state index in [9.17, 15) is 0 Å². The van der Waals surface area contributed by atoms with Crippen molar-refractivity contribution >= 4 is 17.5 Å². The van der Waals surface area contributed by atoms with E-state index in [0.29, 0.717) is 0 Å². The number of benzene rings is 2. The summed E-state index contributed by atoms with van der Waals surface area (Å²) in [6, 6.07) is 18.7. The first-order valence-corrected chi connectivity index (χ1v) is 13.3. The number of fused-ring (bicyclic) bond motifs is 1. The first kappa shape index (κ1) is 27.9. The molecule has 3 heteroatoms. The van der Waals surface area contributed by atoms with Gasteiger partial charge in [-0.3, -0.25) is 9.98 Å². The standard InChI is InChI=1S/C26H32N2.C8H9N/c1-5-9-25-22(15-16-24-19(2)10-8-12-26(24)25)11-6-7-17-27-21(4)23-14-13-20(3)28-18-23;1-9-7-8-5-3-2-4-6-8/h5,13-16,18,27H,1-2,4,6-12,17H2,3H3;2-7H,1H3. The van der Waals surface area contributed by atoms with Gasteiger partial charge in [0.05, 0.1) is 0 Å². The maximum atomic E-state index is 4.34. The molecular weight excluding hydrogens is 450 g/mol. The average Bonchev–Trinajstić information content (AvgIpc) is 2.91. The van der Waals surface area contributed by atoms with Crippen LogP contribution in [0.4, 0.5) is 0 Å². The number of aromatic nitrogens is 1. The van der Waals surface area contributed by atoms with Crippen LogP contribution in [-0.2, 0) is 19.3 Å². The summed E-state index contributed by atoms with van der Waals surface area (Å²) in [6.45, 7) is 15.3. The van der Waals surface area contributed by atoms with Crippen LogP contribution in [0.2, 0.25) is 0 Å². The molecule has 1 aromatic heterocycles. The first-order chi connectivity index (χ1) is 18.0. The SMILES string of the molecule is C=CCc1c(CCCCNC(=C)c2ccc(C)nc2)ccc2c1CCCC2=C.CN=Cc1ccccc1. The molecule has 0 bridgehead atoms. The number of aryl methyl sites for hydroxylation is 2. The van der Waals surface area contributed by atoms with Crippen molar-refractivity contribution in [1.29, 1.82) is 0 Å². The molecule has 0 amide bonds. The van der Waals surface area contributed by atoms with Gasteiger partial charge in [-0.05, 0) is 97.4 Å². The highest BCUT2D eigenvalue weighted by Gasteiger charge is 2.17. The van der Waals surface area contributed by atoms with Crippen molar-refractivity contribution in [3.05, 3.63) is 126 Å². The molecule has 0 unspecified atom stereocenters. The zero-order valence-corrected chi connectivity index (χ0v) is 22.6. The molecule has 0 saturated carbocycles. The predicted molar refractivity (Wildman–Crippen MR) is 161 cm³/mol. The monoisotopic (exact) mass is 491 g/mol. The zero-order chi connectivity index (χ0) is 26.5. The third-order valence-electron chi connectivity index (χ3n) is 6.71. The summed E-state index contributed by atoms with van der Waals surface area (Å²) in [6.07, 6.45) is 13.6. The smallest absolute Gasteiger partial charge is 0.0373 e. The maximum absolute atomic E-state index is 4.34. The van der Waals surface area contributed by atoms with E-state index in [0.717, 1.165) is 61.2 Å². The van der Waals surface area contributed by atoms with Crippen LogP contribution in [0.1, 0.15) is 64.8 Å². The van der Waals surface area contributed by atoms with E-state index in [1.807, 2.05) is 61.8 Å². The van der Waals surface area contributed by atoms with Crippen LogP contribution in [0, 0.1) is 6.92 Å². The molecule has 3 nitrogen and oxygen atoms in total. The molecule has 0 radical (unpaired) electrons. The van der Waals surface area contributed by atoms with Gasteiger partial charge >= 0.3 is 0 Å². The minimum Gasteiger partial charge on any atom is -0.385 e. The van der Waals surface area contributed by atoms with Gasteiger partial charge in [0.15, 0.2) is 0 Å². The molecule has 192 valence electrons. The molecule has 1 aliphatic carbocycles. The van der Waals surface area contributed by atoms with Crippen molar-refractivity contribution in [2.24, 2.45) is 4.99 Å². The summed E-state index contributed by atoms with van der Waals surface area (Å²) in [4.78, 5) is 8.22. The highest BCUT2D eigenvalue weighted by molar-refractivity contribution is 5.79. The van der Waals surface area contributed by atoms with Crippen molar-refractivity contribution in [3.63, 3.8) is 0 Å². The Hall–Kier alpha value is -3.72. The minimum absolute atomic E-state index is 0.936. The molecule has 0 saturated heterocycles. The molecule has 3 aromatic rings. The Labute approximate surface area is 223 Å². The fraction of sp³-hybridized carbons (Fsp3) is 0.294. The largest absolute Gasteiger partial charge is 0.385 e. The maximum Gasteiger partial charge on any atom is 0.0373 e. The first-order valence-electron chi connectivity index (χ1n) is 13.3. The zero-order valence-electron chi connectivity index (χ0n) is 22.6. The molecule has 0 atom stereocenters. The fourth-order valence-electron chi connectivity index (χ4n) is 4.72. The molecule has 0 aliphatic heterocycles. The van der Waals surface area contributed by atoms with Gasteiger partial charge in [0.1, 0.15) is 0 Å². The molecule has 2 aromatic carbocycles. The third kappa shape index (κ3) is 8.42. The third-order valence-corrected chi connectivity index (χ3v) is 6.71. The lowest BCUT2D eigenvalue weighted by Crippen LogP contribution is -2.13.